The molecule has 0 aromatic heterocycles. The number of anilines is 2. The molecule has 1 heterocycles. The largest absolute Gasteiger partial charge is 0.360 e. The second-order valence-corrected chi connectivity index (χ2v) is 7.33. The number of hydrogen-bond acceptors (Lipinski definition) is 2. The first-order chi connectivity index (χ1) is 11.2. The highest BCUT2D eigenvalue weighted by molar-refractivity contribution is 7.80. The van der Waals surface area contributed by atoms with Gasteiger partial charge in [-0.25, -0.2) is 0 Å². The predicted molar refractivity (Wildman–Crippen MR) is 102 cm³/mol. The molecule has 1 aromatic carbocycles. The summed E-state index contributed by atoms with van der Waals surface area (Å²) in [5.41, 5.74) is 2.39. The van der Waals surface area contributed by atoms with E-state index in [-0.39, 0.29) is 0 Å². The van der Waals surface area contributed by atoms with Gasteiger partial charge in [0.25, 0.3) is 0 Å². The first-order valence-electron chi connectivity index (χ1n) is 8.94. The maximum Gasteiger partial charge on any atom is 0.170 e. The second-order valence-electron chi connectivity index (χ2n) is 6.92. The molecular weight excluding hydrogens is 304 g/mol. The molecule has 1 aliphatic carbocycles. The Morgan fingerprint density at radius 1 is 1.09 bits per heavy atom. The lowest BCUT2D eigenvalue weighted by molar-refractivity contribution is -0.880. The van der Waals surface area contributed by atoms with Crippen molar-refractivity contribution in [2.45, 2.75) is 38.1 Å². The molecule has 0 spiro atoms. The van der Waals surface area contributed by atoms with Crippen LogP contribution in [0.4, 0.5) is 11.4 Å². The number of benzene rings is 1. The molecule has 23 heavy (non-hydrogen) atoms. The van der Waals surface area contributed by atoms with Crippen LogP contribution < -0.4 is 20.4 Å². The zero-order chi connectivity index (χ0) is 16.1. The van der Waals surface area contributed by atoms with Gasteiger partial charge in [0.15, 0.2) is 5.11 Å². The average Bonchev–Trinajstić information content (AvgIpc) is 2.57. The number of quaternary nitrogens is 1. The average molecular weight is 334 g/mol. The Hall–Kier alpha value is -1.33. The predicted octanol–water partition coefficient (Wildman–Crippen LogP) is 1.64. The summed E-state index contributed by atoms with van der Waals surface area (Å²) in [6.45, 7) is 4.71. The van der Waals surface area contributed by atoms with E-state index in [2.05, 4.69) is 46.8 Å². The third-order valence-corrected chi connectivity index (χ3v) is 5.27. The molecule has 2 aliphatic rings. The van der Waals surface area contributed by atoms with Crippen molar-refractivity contribution in [3.8, 4) is 0 Å². The Morgan fingerprint density at radius 3 is 2.39 bits per heavy atom. The van der Waals surface area contributed by atoms with E-state index in [4.69, 9.17) is 12.2 Å². The minimum absolute atomic E-state index is 0.552. The lowest BCUT2D eigenvalue weighted by atomic mass is 9.96. The van der Waals surface area contributed by atoms with E-state index < -0.39 is 0 Å². The molecule has 2 fully saturated rings. The fourth-order valence-corrected chi connectivity index (χ4v) is 3.79. The van der Waals surface area contributed by atoms with Crippen LogP contribution in [-0.4, -0.2) is 44.4 Å². The number of likely N-dealkylation sites (N-methyl/N-ethyl adjacent to an activating group) is 1. The van der Waals surface area contributed by atoms with E-state index in [1.165, 1.54) is 50.9 Å². The van der Waals surface area contributed by atoms with Gasteiger partial charge in [0.2, 0.25) is 0 Å². The molecular formula is C18H29N4S+. The summed E-state index contributed by atoms with van der Waals surface area (Å²) in [5.74, 6) is 0. The summed E-state index contributed by atoms with van der Waals surface area (Å²) >= 11 is 5.45. The molecule has 0 atom stereocenters. The summed E-state index contributed by atoms with van der Waals surface area (Å²) < 4.78 is 0. The second kappa shape index (κ2) is 7.97. The Labute approximate surface area is 145 Å². The van der Waals surface area contributed by atoms with Gasteiger partial charge in [-0.05, 0) is 49.3 Å². The van der Waals surface area contributed by atoms with E-state index in [1.807, 2.05) is 0 Å². The van der Waals surface area contributed by atoms with Crippen LogP contribution >= 0.6 is 12.2 Å². The molecule has 1 saturated heterocycles. The molecule has 0 amide bonds. The number of nitrogens with one attached hydrogen (secondary N) is 3. The molecule has 3 rings (SSSR count). The Balaban J connectivity index is 1.49. The first-order valence-corrected chi connectivity index (χ1v) is 9.35. The summed E-state index contributed by atoms with van der Waals surface area (Å²) in [4.78, 5) is 4.09. The maximum absolute atomic E-state index is 5.45. The van der Waals surface area contributed by atoms with Crippen LogP contribution in [0.5, 0.6) is 0 Å². The lowest BCUT2D eigenvalue weighted by Crippen LogP contribution is -3.12. The van der Waals surface area contributed by atoms with Crippen LogP contribution in [0.15, 0.2) is 24.3 Å². The smallest absolute Gasteiger partial charge is 0.170 e. The SMILES string of the molecule is C[NH+]1CCN(c2ccc(NC(=S)NC3CCCCC3)cc2)CC1. The van der Waals surface area contributed by atoms with Gasteiger partial charge in [-0.2, -0.15) is 0 Å². The van der Waals surface area contributed by atoms with Crippen molar-refractivity contribution < 1.29 is 4.90 Å². The van der Waals surface area contributed by atoms with Crippen LogP contribution in [0.3, 0.4) is 0 Å². The molecule has 0 unspecified atom stereocenters. The molecule has 0 radical (unpaired) electrons. The zero-order valence-corrected chi connectivity index (χ0v) is 14.9. The lowest BCUT2D eigenvalue weighted by Gasteiger charge is -2.31. The third kappa shape index (κ3) is 4.82. The van der Waals surface area contributed by atoms with E-state index in [1.54, 1.807) is 4.90 Å². The summed E-state index contributed by atoms with van der Waals surface area (Å²) in [6, 6.07) is 9.22. The van der Waals surface area contributed by atoms with Crippen LogP contribution in [0.2, 0.25) is 0 Å². The quantitative estimate of drug-likeness (QED) is 0.734. The number of thiocarbonyl (C=S) groups is 1. The molecule has 5 heteroatoms. The summed E-state index contributed by atoms with van der Waals surface area (Å²) in [7, 11) is 2.27. The molecule has 1 aromatic rings. The zero-order valence-electron chi connectivity index (χ0n) is 14.1. The van der Waals surface area contributed by atoms with Crippen molar-refractivity contribution in [3.63, 3.8) is 0 Å². The Bertz CT molecular complexity index is 502. The Morgan fingerprint density at radius 2 is 1.74 bits per heavy atom. The number of nitrogens with zero attached hydrogens (tertiary/aromatic N) is 1. The summed E-state index contributed by atoms with van der Waals surface area (Å²) in [5, 5.41) is 7.54. The van der Waals surface area contributed by atoms with E-state index in [0.29, 0.717) is 6.04 Å². The number of piperazine rings is 1. The summed E-state index contributed by atoms with van der Waals surface area (Å²) in [6.07, 6.45) is 6.50. The number of rotatable bonds is 3. The van der Waals surface area contributed by atoms with Gasteiger partial charge in [0, 0.05) is 17.4 Å². The molecule has 0 bridgehead atoms. The van der Waals surface area contributed by atoms with Crippen molar-refractivity contribution in [2.75, 3.05) is 43.4 Å². The highest BCUT2D eigenvalue weighted by atomic mass is 32.1. The molecule has 126 valence electrons. The van der Waals surface area contributed by atoms with E-state index in [9.17, 15) is 0 Å². The van der Waals surface area contributed by atoms with Crippen molar-refractivity contribution >= 4 is 28.7 Å². The van der Waals surface area contributed by atoms with E-state index >= 15 is 0 Å². The first kappa shape index (κ1) is 16.5. The van der Waals surface area contributed by atoms with Gasteiger partial charge in [-0.15, -0.1) is 0 Å². The molecule has 1 aliphatic heterocycles. The molecule has 3 N–H and O–H groups in total. The fraction of sp³-hybridized carbons (Fsp3) is 0.611. The van der Waals surface area contributed by atoms with Gasteiger partial charge >= 0.3 is 0 Å². The highest BCUT2D eigenvalue weighted by Gasteiger charge is 2.17. The van der Waals surface area contributed by atoms with Crippen molar-refractivity contribution in [1.29, 1.82) is 0 Å². The molecule has 4 nitrogen and oxygen atoms in total. The third-order valence-electron chi connectivity index (χ3n) is 5.05. The topological polar surface area (TPSA) is 31.7 Å². The van der Waals surface area contributed by atoms with Gasteiger partial charge < -0.3 is 20.4 Å². The normalized spacial score (nSPS) is 20.3. The molecule has 1 saturated carbocycles. The maximum atomic E-state index is 5.45. The van der Waals surface area contributed by atoms with Gasteiger partial charge in [0.1, 0.15) is 0 Å². The van der Waals surface area contributed by atoms with Crippen LogP contribution in [0, 0.1) is 0 Å². The van der Waals surface area contributed by atoms with Crippen LogP contribution in [0.25, 0.3) is 0 Å². The van der Waals surface area contributed by atoms with Crippen LogP contribution in [-0.2, 0) is 0 Å². The van der Waals surface area contributed by atoms with Gasteiger partial charge in [-0.3, -0.25) is 0 Å². The standard InChI is InChI=1S/C18H28N4S/c1-21-11-13-22(14-12-21)17-9-7-16(8-10-17)20-18(23)19-15-5-3-2-4-6-15/h7-10,15H,2-6,11-14H2,1H3,(H2,19,20,23)/p+1. The van der Waals surface area contributed by atoms with Crippen molar-refractivity contribution in [1.82, 2.24) is 5.32 Å². The fourth-order valence-electron chi connectivity index (χ4n) is 3.50. The van der Waals surface area contributed by atoms with Crippen molar-refractivity contribution in [2.24, 2.45) is 0 Å². The van der Waals surface area contributed by atoms with Gasteiger partial charge in [-0.1, -0.05) is 19.3 Å². The van der Waals surface area contributed by atoms with Crippen LogP contribution in [0.1, 0.15) is 32.1 Å². The number of hydrogen-bond donors (Lipinski definition) is 3. The van der Waals surface area contributed by atoms with Gasteiger partial charge in [0.05, 0.1) is 33.2 Å². The monoisotopic (exact) mass is 333 g/mol. The van der Waals surface area contributed by atoms with Crippen molar-refractivity contribution in [3.05, 3.63) is 24.3 Å². The minimum Gasteiger partial charge on any atom is -0.360 e. The highest BCUT2D eigenvalue weighted by Crippen LogP contribution is 2.19. The minimum atomic E-state index is 0.552. The Kier molecular flexibility index (Phi) is 5.73. The van der Waals surface area contributed by atoms with E-state index in [0.717, 1.165) is 23.9 Å².